The predicted molar refractivity (Wildman–Crippen MR) is 75.8 cm³/mol. The molecule has 0 aliphatic carbocycles. The fourth-order valence-corrected chi connectivity index (χ4v) is 2.20. The van der Waals surface area contributed by atoms with Crippen LogP contribution in [-0.4, -0.2) is 15.6 Å². The van der Waals surface area contributed by atoms with Gasteiger partial charge in [-0.1, -0.05) is 12.5 Å². The Morgan fingerprint density at radius 3 is 2.63 bits per heavy atom. The minimum Gasteiger partial charge on any atom is -0.477 e. The molecule has 0 atom stereocenters. The van der Waals surface area contributed by atoms with Gasteiger partial charge >= 0.3 is 5.97 Å². The van der Waals surface area contributed by atoms with E-state index in [2.05, 4.69) is 6.58 Å². The number of hydrogen-bond donors (Lipinski definition) is 1. The van der Waals surface area contributed by atoms with E-state index in [1.807, 2.05) is 13.0 Å². The number of rotatable bonds is 7. The second-order valence-corrected chi connectivity index (χ2v) is 4.74. The van der Waals surface area contributed by atoms with Crippen molar-refractivity contribution in [1.29, 1.82) is 0 Å². The number of aryl methyl sites for hydroxylation is 2. The zero-order valence-corrected chi connectivity index (χ0v) is 11.6. The van der Waals surface area contributed by atoms with E-state index in [0.717, 1.165) is 31.4 Å². The summed E-state index contributed by atoms with van der Waals surface area (Å²) in [6, 6.07) is 1.76. The van der Waals surface area contributed by atoms with Crippen molar-refractivity contribution in [3.8, 4) is 0 Å². The van der Waals surface area contributed by atoms with Crippen LogP contribution in [-0.2, 0) is 6.54 Å². The van der Waals surface area contributed by atoms with Crippen molar-refractivity contribution in [1.82, 2.24) is 4.57 Å². The summed E-state index contributed by atoms with van der Waals surface area (Å²) in [4.78, 5) is 23.2. The molecule has 0 fully saturated rings. The molecule has 0 amide bonds. The SMILES string of the molecule is C=CCCCCCn1c(C)cc(C)c(C(=O)O)c1=O. The van der Waals surface area contributed by atoms with Crippen LogP contribution in [0.3, 0.4) is 0 Å². The smallest absolute Gasteiger partial charge is 0.341 e. The van der Waals surface area contributed by atoms with Gasteiger partial charge in [-0.2, -0.15) is 0 Å². The van der Waals surface area contributed by atoms with E-state index in [4.69, 9.17) is 5.11 Å². The van der Waals surface area contributed by atoms with Crippen LogP contribution >= 0.6 is 0 Å². The van der Waals surface area contributed by atoms with Gasteiger partial charge < -0.3 is 9.67 Å². The van der Waals surface area contributed by atoms with Gasteiger partial charge in [0.05, 0.1) is 0 Å². The topological polar surface area (TPSA) is 59.3 Å². The minimum atomic E-state index is -1.15. The molecular weight excluding hydrogens is 242 g/mol. The standard InChI is InChI=1S/C15H21NO3/c1-4-5-6-7-8-9-16-12(3)10-11(2)13(14(16)17)15(18)19/h4,10H,1,5-9H2,2-3H3,(H,18,19). The summed E-state index contributed by atoms with van der Waals surface area (Å²) in [5.74, 6) is -1.15. The van der Waals surface area contributed by atoms with E-state index in [0.29, 0.717) is 12.1 Å². The van der Waals surface area contributed by atoms with Gasteiger partial charge in [0.1, 0.15) is 5.56 Å². The van der Waals surface area contributed by atoms with Gasteiger partial charge in [-0.3, -0.25) is 4.79 Å². The molecule has 1 rings (SSSR count). The Balaban J connectivity index is 2.89. The van der Waals surface area contributed by atoms with Crippen molar-refractivity contribution in [3.05, 3.63) is 45.9 Å². The molecule has 0 unspecified atom stereocenters. The van der Waals surface area contributed by atoms with Crippen molar-refractivity contribution in [2.75, 3.05) is 0 Å². The van der Waals surface area contributed by atoms with Gasteiger partial charge in [-0.25, -0.2) is 4.79 Å². The molecule has 0 aliphatic rings. The number of hydrogen-bond acceptors (Lipinski definition) is 2. The van der Waals surface area contributed by atoms with Crippen molar-refractivity contribution in [2.24, 2.45) is 0 Å². The molecule has 0 saturated heterocycles. The molecular formula is C15H21NO3. The Hall–Kier alpha value is -1.84. The fourth-order valence-electron chi connectivity index (χ4n) is 2.20. The van der Waals surface area contributed by atoms with Gasteiger partial charge in [0.2, 0.25) is 0 Å². The summed E-state index contributed by atoms with van der Waals surface area (Å²) in [6.45, 7) is 7.73. The maximum Gasteiger partial charge on any atom is 0.341 e. The minimum absolute atomic E-state index is 0.114. The predicted octanol–water partition coefficient (Wildman–Crippen LogP) is 2.91. The van der Waals surface area contributed by atoms with Crippen molar-refractivity contribution >= 4 is 5.97 Å². The third-order valence-electron chi connectivity index (χ3n) is 3.21. The number of carboxylic acids is 1. The summed E-state index contributed by atoms with van der Waals surface area (Å²) in [7, 11) is 0. The lowest BCUT2D eigenvalue weighted by Gasteiger charge is -2.12. The number of nitrogens with zero attached hydrogens (tertiary/aromatic N) is 1. The van der Waals surface area contributed by atoms with Crippen LogP contribution in [0.15, 0.2) is 23.5 Å². The highest BCUT2D eigenvalue weighted by Crippen LogP contribution is 2.08. The first-order chi connectivity index (χ1) is 8.99. The first-order valence-corrected chi connectivity index (χ1v) is 6.54. The fraction of sp³-hybridized carbons (Fsp3) is 0.467. The molecule has 0 aliphatic heterocycles. The van der Waals surface area contributed by atoms with Gasteiger partial charge in [0, 0.05) is 12.2 Å². The maximum atomic E-state index is 12.1. The Labute approximate surface area is 113 Å². The molecule has 1 heterocycles. The highest BCUT2D eigenvalue weighted by atomic mass is 16.4. The normalized spacial score (nSPS) is 10.4. The largest absolute Gasteiger partial charge is 0.477 e. The summed E-state index contributed by atoms with van der Waals surface area (Å²) >= 11 is 0. The lowest BCUT2D eigenvalue weighted by Crippen LogP contribution is -2.29. The first kappa shape index (κ1) is 15.2. The Bertz CT molecular complexity index is 529. The van der Waals surface area contributed by atoms with Crippen LogP contribution in [0.4, 0.5) is 0 Å². The van der Waals surface area contributed by atoms with Gasteiger partial charge in [0.25, 0.3) is 5.56 Å². The molecule has 0 radical (unpaired) electrons. The summed E-state index contributed by atoms with van der Waals surface area (Å²) in [5.41, 5.74) is 0.833. The van der Waals surface area contributed by atoms with E-state index < -0.39 is 11.5 Å². The van der Waals surface area contributed by atoms with Crippen molar-refractivity contribution in [2.45, 2.75) is 46.1 Å². The number of allylic oxidation sites excluding steroid dienone is 1. The average Bonchev–Trinajstić information content (AvgIpc) is 2.31. The third kappa shape index (κ3) is 3.81. The van der Waals surface area contributed by atoms with Gasteiger partial charge in [-0.05, 0) is 44.7 Å². The summed E-state index contributed by atoms with van der Waals surface area (Å²) in [6.07, 6.45) is 5.79. The van der Waals surface area contributed by atoms with E-state index in [-0.39, 0.29) is 5.56 Å². The zero-order chi connectivity index (χ0) is 14.4. The third-order valence-corrected chi connectivity index (χ3v) is 3.21. The Morgan fingerprint density at radius 2 is 2.05 bits per heavy atom. The second kappa shape index (κ2) is 6.92. The van der Waals surface area contributed by atoms with Crippen LogP contribution < -0.4 is 5.56 Å². The molecule has 1 aromatic heterocycles. The quantitative estimate of drug-likeness (QED) is 0.608. The molecule has 0 spiro atoms. The molecule has 19 heavy (non-hydrogen) atoms. The number of aromatic nitrogens is 1. The molecule has 4 heteroatoms. The number of aromatic carboxylic acids is 1. The highest BCUT2D eigenvalue weighted by molar-refractivity contribution is 5.88. The molecule has 0 bridgehead atoms. The molecule has 4 nitrogen and oxygen atoms in total. The molecule has 1 N–H and O–H groups in total. The highest BCUT2D eigenvalue weighted by Gasteiger charge is 2.15. The number of unbranched alkanes of at least 4 members (excludes halogenated alkanes) is 3. The Kier molecular flexibility index (Phi) is 5.55. The van der Waals surface area contributed by atoms with E-state index in [1.165, 1.54) is 0 Å². The van der Waals surface area contributed by atoms with E-state index >= 15 is 0 Å². The monoisotopic (exact) mass is 263 g/mol. The number of carbonyl (C=O) groups is 1. The van der Waals surface area contributed by atoms with Crippen LogP contribution in [0.25, 0.3) is 0 Å². The van der Waals surface area contributed by atoms with Crippen molar-refractivity contribution in [3.63, 3.8) is 0 Å². The first-order valence-electron chi connectivity index (χ1n) is 6.54. The summed E-state index contributed by atoms with van der Waals surface area (Å²) in [5, 5.41) is 9.08. The molecule has 0 saturated carbocycles. The average molecular weight is 263 g/mol. The second-order valence-electron chi connectivity index (χ2n) is 4.74. The lowest BCUT2D eigenvalue weighted by molar-refractivity contribution is 0.0693. The Morgan fingerprint density at radius 1 is 1.37 bits per heavy atom. The van der Waals surface area contributed by atoms with E-state index in [1.54, 1.807) is 17.6 Å². The number of carboxylic acid groups (broad SMARTS) is 1. The number of pyridine rings is 1. The zero-order valence-electron chi connectivity index (χ0n) is 11.6. The van der Waals surface area contributed by atoms with E-state index in [9.17, 15) is 9.59 Å². The van der Waals surface area contributed by atoms with Crippen LogP contribution in [0.5, 0.6) is 0 Å². The van der Waals surface area contributed by atoms with Gasteiger partial charge in [-0.15, -0.1) is 6.58 Å². The van der Waals surface area contributed by atoms with Crippen LogP contribution in [0.2, 0.25) is 0 Å². The maximum absolute atomic E-state index is 12.1. The van der Waals surface area contributed by atoms with Gasteiger partial charge in [0.15, 0.2) is 0 Å². The molecule has 104 valence electrons. The van der Waals surface area contributed by atoms with Crippen LogP contribution in [0, 0.1) is 13.8 Å². The van der Waals surface area contributed by atoms with Crippen LogP contribution in [0.1, 0.15) is 47.3 Å². The molecule has 1 aromatic rings. The lowest BCUT2D eigenvalue weighted by atomic mass is 10.1. The summed E-state index contributed by atoms with van der Waals surface area (Å²) < 4.78 is 1.56. The van der Waals surface area contributed by atoms with Crippen molar-refractivity contribution < 1.29 is 9.90 Å². The molecule has 0 aromatic carbocycles.